The van der Waals surface area contributed by atoms with Crippen LogP contribution >= 0.6 is 0 Å². The van der Waals surface area contributed by atoms with Gasteiger partial charge in [0, 0.05) is 12.1 Å². The molecule has 3 unspecified atom stereocenters. The van der Waals surface area contributed by atoms with E-state index in [2.05, 4.69) is 24.5 Å². The Kier molecular flexibility index (Phi) is 6.46. The SMILES string of the molecule is CNC1CCCC(C)(CC(C)NC(=O)OCc2ccccc2)C1. The summed E-state index contributed by atoms with van der Waals surface area (Å²) in [6.07, 6.45) is 5.59. The van der Waals surface area contributed by atoms with Gasteiger partial charge in [-0.05, 0) is 50.6 Å². The molecule has 0 spiro atoms. The number of benzene rings is 1. The standard InChI is InChI=1S/C19H30N2O2/c1-15(12-19(2)11-7-10-17(13-19)20-3)21-18(22)23-14-16-8-5-4-6-9-16/h4-6,8-9,15,17,20H,7,10-14H2,1-3H3,(H,21,22). The average Bonchev–Trinajstić information content (AvgIpc) is 2.53. The zero-order valence-electron chi connectivity index (χ0n) is 14.6. The zero-order valence-corrected chi connectivity index (χ0v) is 14.6. The molecule has 4 nitrogen and oxygen atoms in total. The molecule has 0 heterocycles. The molecule has 1 aromatic carbocycles. The summed E-state index contributed by atoms with van der Waals surface area (Å²) in [5.74, 6) is 0. The molecule has 0 saturated heterocycles. The quantitative estimate of drug-likeness (QED) is 0.837. The van der Waals surface area contributed by atoms with Crippen molar-refractivity contribution < 1.29 is 9.53 Å². The van der Waals surface area contributed by atoms with E-state index >= 15 is 0 Å². The molecule has 1 aromatic rings. The van der Waals surface area contributed by atoms with Crippen LogP contribution in [0.1, 0.15) is 51.5 Å². The van der Waals surface area contributed by atoms with Gasteiger partial charge in [-0.2, -0.15) is 0 Å². The number of hydrogen-bond donors (Lipinski definition) is 2. The summed E-state index contributed by atoms with van der Waals surface area (Å²) < 4.78 is 5.30. The van der Waals surface area contributed by atoms with Gasteiger partial charge in [0.05, 0.1) is 0 Å². The number of carbonyl (C=O) groups is 1. The zero-order chi connectivity index (χ0) is 16.7. The first-order chi connectivity index (χ1) is 11.0. The Balaban J connectivity index is 1.75. The molecule has 1 saturated carbocycles. The second-order valence-electron chi connectivity index (χ2n) is 7.20. The van der Waals surface area contributed by atoms with Crippen molar-refractivity contribution in [2.24, 2.45) is 5.41 Å². The number of carbonyl (C=O) groups excluding carboxylic acids is 1. The maximum atomic E-state index is 11.9. The third-order valence-corrected chi connectivity index (χ3v) is 4.86. The van der Waals surface area contributed by atoms with Gasteiger partial charge in [-0.25, -0.2) is 4.79 Å². The summed E-state index contributed by atoms with van der Waals surface area (Å²) >= 11 is 0. The normalized spacial score (nSPS) is 25.6. The lowest BCUT2D eigenvalue weighted by molar-refractivity contribution is 0.122. The van der Waals surface area contributed by atoms with E-state index < -0.39 is 0 Å². The van der Waals surface area contributed by atoms with Crippen molar-refractivity contribution in [3.8, 4) is 0 Å². The second kappa shape index (κ2) is 8.34. The van der Waals surface area contributed by atoms with Crippen molar-refractivity contribution in [2.45, 2.75) is 64.6 Å². The maximum Gasteiger partial charge on any atom is 0.407 e. The van der Waals surface area contributed by atoms with Gasteiger partial charge >= 0.3 is 6.09 Å². The van der Waals surface area contributed by atoms with Crippen LogP contribution in [0.2, 0.25) is 0 Å². The molecule has 1 aliphatic rings. The molecule has 0 radical (unpaired) electrons. The van der Waals surface area contributed by atoms with Gasteiger partial charge in [0.1, 0.15) is 6.61 Å². The second-order valence-corrected chi connectivity index (χ2v) is 7.20. The Morgan fingerprint density at radius 3 is 2.83 bits per heavy atom. The molecule has 1 amide bonds. The van der Waals surface area contributed by atoms with Crippen LogP contribution in [-0.4, -0.2) is 25.2 Å². The van der Waals surface area contributed by atoms with E-state index in [1.165, 1.54) is 25.7 Å². The summed E-state index contributed by atoms with van der Waals surface area (Å²) in [7, 11) is 2.04. The van der Waals surface area contributed by atoms with E-state index in [0.717, 1.165) is 12.0 Å². The van der Waals surface area contributed by atoms with E-state index in [-0.39, 0.29) is 17.6 Å². The van der Waals surface area contributed by atoms with Gasteiger partial charge in [0.2, 0.25) is 0 Å². The fourth-order valence-electron chi connectivity index (χ4n) is 3.76. The molecular formula is C19H30N2O2. The third kappa shape index (κ3) is 5.87. The minimum atomic E-state index is -0.328. The van der Waals surface area contributed by atoms with Gasteiger partial charge in [0.25, 0.3) is 0 Å². The van der Waals surface area contributed by atoms with Crippen molar-refractivity contribution in [1.29, 1.82) is 0 Å². The highest BCUT2D eigenvalue weighted by Gasteiger charge is 2.33. The highest BCUT2D eigenvalue weighted by atomic mass is 16.5. The summed E-state index contributed by atoms with van der Waals surface area (Å²) in [5, 5.41) is 6.37. The summed E-state index contributed by atoms with van der Waals surface area (Å²) in [5.41, 5.74) is 1.30. The van der Waals surface area contributed by atoms with Crippen LogP contribution in [-0.2, 0) is 11.3 Å². The summed E-state index contributed by atoms with van der Waals surface area (Å²) in [6.45, 7) is 4.72. The first-order valence-electron chi connectivity index (χ1n) is 8.65. The lowest BCUT2D eigenvalue weighted by Crippen LogP contribution is -2.42. The Labute approximate surface area is 140 Å². The Morgan fingerprint density at radius 1 is 1.39 bits per heavy atom. The summed E-state index contributed by atoms with van der Waals surface area (Å²) in [4.78, 5) is 11.9. The largest absolute Gasteiger partial charge is 0.445 e. The predicted octanol–water partition coefficient (Wildman–Crippen LogP) is 3.86. The van der Waals surface area contributed by atoms with Crippen LogP contribution in [0.4, 0.5) is 4.79 Å². The van der Waals surface area contributed by atoms with Crippen molar-refractivity contribution >= 4 is 6.09 Å². The van der Waals surface area contributed by atoms with E-state index in [4.69, 9.17) is 4.74 Å². The van der Waals surface area contributed by atoms with Crippen LogP contribution in [0, 0.1) is 5.41 Å². The molecule has 2 N–H and O–H groups in total. The molecule has 0 bridgehead atoms. The van der Waals surface area contributed by atoms with Crippen LogP contribution in [0.25, 0.3) is 0 Å². The smallest absolute Gasteiger partial charge is 0.407 e. The number of nitrogens with one attached hydrogen (secondary N) is 2. The Hall–Kier alpha value is -1.55. The fourth-order valence-corrected chi connectivity index (χ4v) is 3.76. The van der Waals surface area contributed by atoms with Crippen LogP contribution < -0.4 is 10.6 Å². The summed E-state index contributed by atoms with van der Waals surface area (Å²) in [6, 6.07) is 10.5. The van der Waals surface area contributed by atoms with E-state index in [1.807, 2.05) is 37.4 Å². The van der Waals surface area contributed by atoms with E-state index in [9.17, 15) is 4.79 Å². The maximum absolute atomic E-state index is 11.9. The lowest BCUT2D eigenvalue weighted by Gasteiger charge is -2.39. The topological polar surface area (TPSA) is 50.4 Å². The van der Waals surface area contributed by atoms with Gasteiger partial charge in [-0.1, -0.05) is 43.7 Å². The van der Waals surface area contributed by atoms with Gasteiger partial charge in [0.15, 0.2) is 0 Å². The molecule has 23 heavy (non-hydrogen) atoms. The number of ether oxygens (including phenoxy) is 1. The first kappa shape index (κ1) is 17.8. The van der Waals surface area contributed by atoms with Crippen molar-refractivity contribution in [3.63, 3.8) is 0 Å². The van der Waals surface area contributed by atoms with Gasteiger partial charge < -0.3 is 15.4 Å². The van der Waals surface area contributed by atoms with Crippen LogP contribution in [0.15, 0.2) is 30.3 Å². The molecule has 128 valence electrons. The molecule has 0 aromatic heterocycles. The molecule has 3 atom stereocenters. The average molecular weight is 318 g/mol. The molecule has 4 heteroatoms. The third-order valence-electron chi connectivity index (χ3n) is 4.86. The van der Waals surface area contributed by atoms with E-state index in [0.29, 0.717) is 12.6 Å². The Bertz CT molecular complexity index is 491. The minimum absolute atomic E-state index is 0.124. The van der Waals surface area contributed by atoms with Crippen LogP contribution in [0.5, 0.6) is 0 Å². The number of hydrogen-bond acceptors (Lipinski definition) is 3. The van der Waals surface area contributed by atoms with Gasteiger partial charge in [-0.15, -0.1) is 0 Å². The molecule has 1 aliphatic carbocycles. The highest BCUT2D eigenvalue weighted by molar-refractivity contribution is 5.67. The van der Waals surface area contributed by atoms with Crippen molar-refractivity contribution in [1.82, 2.24) is 10.6 Å². The molecule has 2 rings (SSSR count). The minimum Gasteiger partial charge on any atom is -0.445 e. The number of amides is 1. The molecular weight excluding hydrogens is 288 g/mol. The highest BCUT2D eigenvalue weighted by Crippen LogP contribution is 2.39. The van der Waals surface area contributed by atoms with Gasteiger partial charge in [-0.3, -0.25) is 0 Å². The van der Waals surface area contributed by atoms with E-state index in [1.54, 1.807) is 0 Å². The predicted molar refractivity (Wildman–Crippen MR) is 93.3 cm³/mol. The van der Waals surface area contributed by atoms with Crippen LogP contribution in [0.3, 0.4) is 0 Å². The fraction of sp³-hybridized carbons (Fsp3) is 0.632. The Morgan fingerprint density at radius 2 is 2.13 bits per heavy atom. The first-order valence-corrected chi connectivity index (χ1v) is 8.65. The number of alkyl carbamates (subject to hydrolysis) is 1. The molecule has 0 aliphatic heterocycles. The molecule has 1 fully saturated rings. The van der Waals surface area contributed by atoms with Crippen molar-refractivity contribution in [2.75, 3.05) is 7.05 Å². The monoisotopic (exact) mass is 318 g/mol. The number of rotatable bonds is 6. The lowest BCUT2D eigenvalue weighted by atomic mass is 9.70. The van der Waals surface area contributed by atoms with Crippen molar-refractivity contribution in [3.05, 3.63) is 35.9 Å².